The van der Waals surface area contributed by atoms with E-state index in [0.29, 0.717) is 34.2 Å². The van der Waals surface area contributed by atoms with Crippen LogP contribution in [0.25, 0.3) is 11.1 Å². The molecule has 3 aromatic carbocycles. The van der Waals surface area contributed by atoms with Gasteiger partial charge < -0.3 is 19.7 Å². The molecule has 7 heteroatoms. The number of anilines is 2. The number of benzene rings is 3. The van der Waals surface area contributed by atoms with Crippen LogP contribution < -0.4 is 19.7 Å². The summed E-state index contributed by atoms with van der Waals surface area (Å²) in [5.41, 5.74) is 2.68. The monoisotopic (exact) mass is 458 g/mol. The highest BCUT2D eigenvalue weighted by molar-refractivity contribution is 7.15. The summed E-state index contributed by atoms with van der Waals surface area (Å²) in [5.74, 6) is 1.84. The molecule has 0 atom stereocenters. The van der Waals surface area contributed by atoms with Crippen molar-refractivity contribution in [3.8, 4) is 28.4 Å². The number of rotatable bonds is 8. The molecule has 0 spiro atoms. The largest absolute Gasteiger partial charge is 0.497 e. The van der Waals surface area contributed by atoms with Crippen molar-refractivity contribution >= 4 is 34.3 Å². The molecule has 0 unspecified atom stereocenters. The first kappa shape index (κ1) is 22.1. The Morgan fingerprint density at radius 1 is 0.939 bits per heavy atom. The van der Waals surface area contributed by atoms with Crippen LogP contribution in [0.2, 0.25) is 0 Å². The number of nitrogens with one attached hydrogen (secondary N) is 1. The van der Waals surface area contributed by atoms with Crippen LogP contribution in [-0.2, 0) is 4.79 Å². The first-order chi connectivity index (χ1) is 16.1. The molecule has 0 aliphatic rings. The third kappa shape index (κ3) is 4.88. The van der Waals surface area contributed by atoms with Crippen LogP contribution in [0, 0.1) is 0 Å². The van der Waals surface area contributed by atoms with Crippen molar-refractivity contribution in [3.63, 3.8) is 0 Å². The van der Waals surface area contributed by atoms with Gasteiger partial charge in [-0.25, -0.2) is 0 Å². The second-order valence-electron chi connectivity index (χ2n) is 7.12. The summed E-state index contributed by atoms with van der Waals surface area (Å²) in [6, 6.07) is 24.3. The van der Waals surface area contributed by atoms with Crippen LogP contribution in [0.5, 0.6) is 17.2 Å². The van der Waals surface area contributed by atoms with Crippen LogP contribution in [0.1, 0.15) is 10.4 Å². The zero-order valence-electron chi connectivity index (χ0n) is 18.1. The van der Waals surface area contributed by atoms with Gasteiger partial charge in [-0.05, 0) is 42.0 Å². The lowest BCUT2D eigenvalue weighted by molar-refractivity contribution is -0.105. The molecule has 1 N–H and O–H groups in total. The van der Waals surface area contributed by atoms with Gasteiger partial charge in [0.1, 0.15) is 22.2 Å². The fourth-order valence-corrected chi connectivity index (χ4v) is 4.29. The molecule has 4 rings (SSSR count). The molecule has 0 saturated heterocycles. The number of hydrogen-bond donors (Lipinski definition) is 1. The van der Waals surface area contributed by atoms with E-state index in [2.05, 4.69) is 5.32 Å². The molecule has 1 heterocycles. The van der Waals surface area contributed by atoms with Crippen molar-refractivity contribution in [2.24, 2.45) is 0 Å². The Balaban J connectivity index is 1.66. The molecule has 0 aliphatic heterocycles. The van der Waals surface area contributed by atoms with Gasteiger partial charge in [-0.3, -0.25) is 9.59 Å². The molecule has 4 aromatic rings. The Hall–Kier alpha value is -4.10. The Kier molecular flexibility index (Phi) is 6.71. The average Bonchev–Trinajstić information content (AvgIpc) is 3.28. The third-order valence-electron chi connectivity index (χ3n) is 5.08. The summed E-state index contributed by atoms with van der Waals surface area (Å²) in [4.78, 5) is 26.2. The number of hydrogen-bond acceptors (Lipinski definition) is 5. The van der Waals surface area contributed by atoms with Crippen molar-refractivity contribution in [1.82, 2.24) is 0 Å². The standard InChI is InChI=1S/C26H22N2O4S/c1-28(19-7-6-10-22(15-19)31-2)26(30)24-23(16-33-25(24)27-17-29)18-11-13-21(14-12-18)32-20-8-4-3-5-9-20/h3-17H,1-2H3,(H,27,29). The van der Waals surface area contributed by atoms with Gasteiger partial charge in [0.2, 0.25) is 6.41 Å². The number of carbonyl (C=O) groups excluding carboxylic acids is 2. The van der Waals surface area contributed by atoms with E-state index in [1.807, 2.05) is 78.2 Å². The minimum Gasteiger partial charge on any atom is -0.497 e. The molecule has 0 fully saturated rings. The van der Waals surface area contributed by atoms with Gasteiger partial charge in [0.25, 0.3) is 5.91 Å². The molecule has 0 radical (unpaired) electrons. The molecule has 1 aromatic heterocycles. The number of ether oxygens (including phenoxy) is 2. The van der Waals surface area contributed by atoms with E-state index >= 15 is 0 Å². The lowest BCUT2D eigenvalue weighted by Crippen LogP contribution is -2.27. The van der Waals surface area contributed by atoms with Gasteiger partial charge in [-0.15, -0.1) is 11.3 Å². The normalized spacial score (nSPS) is 10.4. The van der Waals surface area contributed by atoms with Crippen molar-refractivity contribution < 1.29 is 19.1 Å². The van der Waals surface area contributed by atoms with Crippen molar-refractivity contribution in [2.75, 3.05) is 24.4 Å². The van der Waals surface area contributed by atoms with Crippen molar-refractivity contribution in [3.05, 3.63) is 89.8 Å². The quantitative estimate of drug-likeness (QED) is 0.326. The second kappa shape index (κ2) is 10.0. The van der Waals surface area contributed by atoms with E-state index in [4.69, 9.17) is 9.47 Å². The van der Waals surface area contributed by atoms with Gasteiger partial charge in [0, 0.05) is 29.7 Å². The summed E-state index contributed by atoms with van der Waals surface area (Å²) in [7, 11) is 3.27. The minimum atomic E-state index is -0.242. The Morgan fingerprint density at radius 2 is 1.64 bits per heavy atom. The van der Waals surface area contributed by atoms with E-state index in [1.165, 1.54) is 16.2 Å². The highest BCUT2D eigenvalue weighted by Gasteiger charge is 2.24. The Bertz CT molecular complexity index is 1250. The predicted molar refractivity (Wildman–Crippen MR) is 132 cm³/mol. The summed E-state index contributed by atoms with van der Waals surface area (Å²) in [6.07, 6.45) is 0.578. The molecule has 6 nitrogen and oxygen atoms in total. The summed E-state index contributed by atoms with van der Waals surface area (Å²) in [6.45, 7) is 0. The van der Waals surface area contributed by atoms with Gasteiger partial charge in [0.05, 0.1) is 12.7 Å². The lowest BCUT2D eigenvalue weighted by Gasteiger charge is -2.19. The van der Waals surface area contributed by atoms with Gasteiger partial charge in [-0.2, -0.15) is 0 Å². The zero-order chi connectivity index (χ0) is 23.2. The topological polar surface area (TPSA) is 67.9 Å². The summed E-state index contributed by atoms with van der Waals surface area (Å²) in [5, 5.41) is 5.02. The number of thiophene rings is 1. The van der Waals surface area contributed by atoms with Crippen LogP contribution in [0.3, 0.4) is 0 Å². The van der Waals surface area contributed by atoms with Crippen LogP contribution in [0.4, 0.5) is 10.7 Å². The number of para-hydroxylation sites is 1. The second-order valence-corrected chi connectivity index (χ2v) is 8.00. The molecule has 33 heavy (non-hydrogen) atoms. The molecule has 166 valence electrons. The van der Waals surface area contributed by atoms with Crippen molar-refractivity contribution in [2.45, 2.75) is 0 Å². The smallest absolute Gasteiger partial charge is 0.261 e. The number of carbonyl (C=O) groups is 2. The number of nitrogens with zero attached hydrogens (tertiary/aromatic N) is 1. The van der Waals surface area contributed by atoms with E-state index < -0.39 is 0 Å². The Morgan fingerprint density at radius 3 is 2.33 bits per heavy atom. The average molecular weight is 459 g/mol. The van der Waals surface area contributed by atoms with Crippen molar-refractivity contribution in [1.29, 1.82) is 0 Å². The number of methoxy groups -OCH3 is 1. The molecule has 0 saturated carbocycles. The van der Waals surface area contributed by atoms with Gasteiger partial charge >= 0.3 is 0 Å². The fourth-order valence-electron chi connectivity index (χ4n) is 3.37. The third-order valence-corrected chi connectivity index (χ3v) is 6.00. The minimum absolute atomic E-state index is 0.242. The van der Waals surface area contributed by atoms with Crippen LogP contribution in [-0.4, -0.2) is 26.5 Å². The highest BCUT2D eigenvalue weighted by Crippen LogP contribution is 2.38. The molecule has 0 aliphatic carbocycles. The highest BCUT2D eigenvalue weighted by atomic mass is 32.1. The zero-order valence-corrected chi connectivity index (χ0v) is 19.0. The first-order valence-electron chi connectivity index (χ1n) is 10.2. The Labute approximate surface area is 196 Å². The number of amides is 2. The molecule has 2 amide bonds. The summed E-state index contributed by atoms with van der Waals surface area (Å²) >= 11 is 1.31. The fraction of sp³-hybridized carbons (Fsp3) is 0.0769. The first-order valence-corrected chi connectivity index (χ1v) is 11.1. The predicted octanol–water partition coefficient (Wildman–Crippen LogP) is 6.06. The van der Waals surface area contributed by atoms with E-state index in [-0.39, 0.29) is 5.91 Å². The maximum absolute atomic E-state index is 13.5. The maximum Gasteiger partial charge on any atom is 0.261 e. The van der Waals surface area contributed by atoms with Gasteiger partial charge in [-0.1, -0.05) is 36.4 Å². The summed E-state index contributed by atoms with van der Waals surface area (Å²) < 4.78 is 11.1. The van der Waals surface area contributed by atoms with Crippen LogP contribution in [0.15, 0.2) is 84.2 Å². The van der Waals surface area contributed by atoms with Gasteiger partial charge in [0.15, 0.2) is 0 Å². The molecular weight excluding hydrogens is 436 g/mol. The van der Waals surface area contributed by atoms with E-state index in [9.17, 15) is 9.59 Å². The van der Waals surface area contributed by atoms with E-state index in [1.54, 1.807) is 20.2 Å². The van der Waals surface area contributed by atoms with Crippen LogP contribution >= 0.6 is 11.3 Å². The molecule has 0 bridgehead atoms. The maximum atomic E-state index is 13.5. The lowest BCUT2D eigenvalue weighted by atomic mass is 10.0. The SMILES string of the molecule is COc1cccc(N(C)C(=O)c2c(-c3ccc(Oc4ccccc4)cc3)csc2NC=O)c1. The molecular formula is C26H22N2O4S. The van der Waals surface area contributed by atoms with E-state index in [0.717, 1.165) is 16.9 Å².